The highest BCUT2D eigenvalue weighted by Gasteiger charge is 2.47. The van der Waals surface area contributed by atoms with Crippen LogP contribution in [0.3, 0.4) is 0 Å². The van der Waals surface area contributed by atoms with E-state index < -0.39 is 23.8 Å². The number of ketones is 1. The standard InChI is InChI=1S/C24H29NO6/c1-6-13(3)31-24(29)19-14(4)25-17-10-12(2)18(23(28)30-5)22(27)21(17)20(19)15-8-7-9-16(26)11-15/h7-9,11-13,18,20,25-26H,6,10H2,1-5H3/t12-,13-,18-,20+/m0/s1. The van der Waals surface area contributed by atoms with Crippen LogP contribution in [0.1, 0.15) is 52.0 Å². The van der Waals surface area contributed by atoms with E-state index in [1.807, 2.05) is 13.8 Å². The van der Waals surface area contributed by atoms with Crippen molar-refractivity contribution in [3.63, 3.8) is 0 Å². The quantitative estimate of drug-likeness (QED) is 0.549. The number of nitrogens with one attached hydrogen (secondary N) is 1. The van der Waals surface area contributed by atoms with E-state index in [9.17, 15) is 19.5 Å². The number of aromatic hydroxyl groups is 1. The van der Waals surface area contributed by atoms with Crippen LogP contribution >= 0.6 is 0 Å². The Hall–Kier alpha value is -3.09. The molecule has 7 nitrogen and oxygen atoms in total. The maximum atomic E-state index is 13.6. The molecule has 0 spiro atoms. The summed E-state index contributed by atoms with van der Waals surface area (Å²) in [5.74, 6) is -3.43. The van der Waals surface area contributed by atoms with Gasteiger partial charge in [0.25, 0.3) is 0 Å². The fraction of sp³-hybridized carbons (Fsp3) is 0.458. The van der Waals surface area contributed by atoms with Crippen LogP contribution < -0.4 is 5.32 Å². The lowest BCUT2D eigenvalue weighted by atomic mass is 9.69. The summed E-state index contributed by atoms with van der Waals surface area (Å²) in [4.78, 5) is 39.1. The van der Waals surface area contributed by atoms with Crippen LogP contribution in [0.25, 0.3) is 0 Å². The van der Waals surface area contributed by atoms with Crippen molar-refractivity contribution in [2.24, 2.45) is 11.8 Å². The van der Waals surface area contributed by atoms with Crippen molar-refractivity contribution in [2.75, 3.05) is 7.11 Å². The number of allylic oxidation sites excluding steroid dienone is 3. The molecule has 0 fully saturated rings. The summed E-state index contributed by atoms with van der Waals surface area (Å²) >= 11 is 0. The third kappa shape index (κ3) is 4.22. The van der Waals surface area contributed by atoms with E-state index in [4.69, 9.17) is 9.47 Å². The first kappa shape index (κ1) is 22.6. The second kappa shape index (κ2) is 8.96. The van der Waals surface area contributed by atoms with Gasteiger partial charge in [-0.05, 0) is 50.3 Å². The van der Waals surface area contributed by atoms with E-state index in [1.54, 1.807) is 26.0 Å². The van der Waals surface area contributed by atoms with E-state index >= 15 is 0 Å². The number of esters is 2. The minimum Gasteiger partial charge on any atom is -0.508 e. The number of rotatable bonds is 5. The molecule has 4 atom stereocenters. The van der Waals surface area contributed by atoms with Crippen LogP contribution in [0.15, 0.2) is 46.8 Å². The number of dihydropyridines is 1. The zero-order valence-electron chi connectivity index (χ0n) is 18.5. The van der Waals surface area contributed by atoms with Gasteiger partial charge in [-0.15, -0.1) is 0 Å². The molecule has 166 valence electrons. The van der Waals surface area contributed by atoms with Gasteiger partial charge in [0.15, 0.2) is 5.78 Å². The van der Waals surface area contributed by atoms with Gasteiger partial charge < -0.3 is 19.9 Å². The maximum absolute atomic E-state index is 13.6. The summed E-state index contributed by atoms with van der Waals surface area (Å²) in [6.07, 6.45) is 0.816. The average Bonchev–Trinajstić information content (AvgIpc) is 2.72. The van der Waals surface area contributed by atoms with Crippen LogP contribution in [0.2, 0.25) is 0 Å². The number of hydrogen-bond acceptors (Lipinski definition) is 7. The number of carbonyl (C=O) groups is 3. The second-order valence-corrected chi connectivity index (χ2v) is 8.25. The number of phenolic OH excluding ortho intramolecular Hbond substituents is 1. The van der Waals surface area contributed by atoms with Gasteiger partial charge >= 0.3 is 11.9 Å². The first-order chi connectivity index (χ1) is 14.7. The second-order valence-electron chi connectivity index (χ2n) is 8.25. The molecule has 0 aromatic heterocycles. The highest BCUT2D eigenvalue weighted by Crippen LogP contribution is 2.46. The number of carbonyl (C=O) groups excluding carboxylic acids is 3. The van der Waals surface area contributed by atoms with Gasteiger partial charge in [0, 0.05) is 22.9 Å². The highest BCUT2D eigenvalue weighted by atomic mass is 16.5. The molecule has 0 unspecified atom stereocenters. The fourth-order valence-corrected chi connectivity index (χ4v) is 4.32. The number of benzene rings is 1. The van der Waals surface area contributed by atoms with Crippen molar-refractivity contribution in [3.05, 3.63) is 52.4 Å². The van der Waals surface area contributed by atoms with Gasteiger partial charge in [0.05, 0.1) is 18.8 Å². The number of Topliss-reactive ketones (excluding diaryl/α,β-unsaturated/α-hetero) is 1. The van der Waals surface area contributed by atoms with E-state index in [0.29, 0.717) is 40.9 Å². The summed E-state index contributed by atoms with van der Waals surface area (Å²) in [7, 11) is 1.26. The van der Waals surface area contributed by atoms with E-state index in [0.717, 1.165) is 0 Å². The van der Waals surface area contributed by atoms with Crippen molar-refractivity contribution in [1.29, 1.82) is 0 Å². The van der Waals surface area contributed by atoms with Crippen LogP contribution in [0.5, 0.6) is 5.75 Å². The molecular formula is C24H29NO6. The molecule has 31 heavy (non-hydrogen) atoms. The van der Waals surface area contributed by atoms with Gasteiger partial charge in [0.2, 0.25) is 0 Å². The first-order valence-electron chi connectivity index (χ1n) is 10.5. The third-order valence-corrected chi connectivity index (χ3v) is 6.05. The Balaban J connectivity index is 2.17. The summed E-state index contributed by atoms with van der Waals surface area (Å²) < 4.78 is 10.5. The molecule has 1 aliphatic carbocycles. The van der Waals surface area contributed by atoms with Crippen molar-refractivity contribution >= 4 is 17.7 Å². The van der Waals surface area contributed by atoms with Gasteiger partial charge in [-0.3, -0.25) is 9.59 Å². The Morgan fingerprint density at radius 1 is 1.32 bits per heavy atom. The lowest BCUT2D eigenvalue weighted by Crippen LogP contribution is -2.43. The molecule has 3 rings (SSSR count). The largest absolute Gasteiger partial charge is 0.508 e. The van der Waals surface area contributed by atoms with Crippen LogP contribution in [0, 0.1) is 11.8 Å². The number of phenols is 1. The predicted molar refractivity (Wildman–Crippen MR) is 114 cm³/mol. The Labute approximate surface area is 182 Å². The highest BCUT2D eigenvalue weighted by molar-refractivity contribution is 6.12. The Bertz CT molecular complexity index is 976. The zero-order valence-corrected chi connectivity index (χ0v) is 18.5. The molecule has 0 amide bonds. The van der Waals surface area contributed by atoms with Crippen molar-refractivity contribution < 1.29 is 29.0 Å². The Morgan fingerprint density at radius 3 is 2.65 bits per heavy atom. The number of hydrogen-bond donors (Lipinski definition) is 2. The fourth-order valence-electron chi connectivity index (χ4n) is 4.32. The van der Waals surface area contributed by atoms with Crippen LogP contribution in [-0.2, 0) is 23.9 Å². The lowest BCUT2D eigenvalue weighted by molar-refractivity contribution is -0.151. The summed E-state index contributed by atoms with van der Waals surface area (Å²) in [6.45, 7) is 7.33. The lowest BCUT2D eigenvalue weighted by Gasteiger charge is -2.38. The maximum Gasteiger partial charge on any atom is 0.337 e. The monoisotopic (exact) mass is 427 g/mol. The van der Waals surface area contributed by atoms with Gasteiger partial charge in [-0.25, -0.2) is 4.79 Å². The third-order valence-electron chi connectivity index (χ3n) is 6.05. The minimum atomic E-state index is -0.949. The molecule has 7 heteroatoms. The van der Waals surface area contributed by atoms with Gasteiger partial charge in [-0.2, -0.15) is 0 Å². The Morgan fingerprint density at radius 2 is 2.03 bits per heavy atom. The first-order valence-corrected chi connectivity index (χ1v) is 10.5. The summed E-state index contributed by atoms with van der Waals surface area (Å²) in [5, 5.41) is 13.3. The topological polar surface area (TPSA) is 102 Å². The molecule has 2 aliphatic rings. The normalized spacial score (nSPS) is 24.3. The molecule has 0 radical (unpaired) electrons. The van der Waals surface area contributed by atoms with Gasteiger partial charge in [0.1, 0.15) is 11.7 Å². The SMILES string of the molecule is CC[C@H](C)OC(=O)C1=C(C)NC2=C(C(=O)[C@@H](C(=O)OC)[C@@H](C)C2)[C@@H]1c1cccc(O)c1. The number of methoxy groups -OCH3 is 1. The molecule has 1 aromatic carbocycles. The molecular weight excluding hydrogens is 398 g/mol. The van der Waals surface area contributed by atoms with Gasteiger partial charge in [-0.1, -0.05) is 26.0 Å². The van der Waals surface area contributed by atoms with Crippen molar-refractivity contribution in [2.45, 2.75) is 52.6 Å². The summed E-state index contributed by atoms with van der Waals surface area (Å²) in [5.41, 5.74) is 2.51. The molecule has 0 saturated heterocycles. The zero-order chi connectivity index (χ0) is 22.9. The number of ether oxygens (including phenoxy) is 2. The molecule has 1 aromatic rings. The molecule has 2 N–H and O–H groups in total. The molecule has 1 heterocycles. The average molecular weight is 427 g/mol. The predicted octanol–water partition coefficient (Wildman–Crippen LogP) is 3.35. The van der Waals surface area contributed by atoms with Crippen LogP contribution in [0.4, 0.5) is 0 Å². The molecule has 0 bridgehead atoms. The Kier molecular flexibility index (Phi) is 6.53. The van der Waals surface area contributed by atoms with E-state index in [2.05, 4.69) is 5.32 Å². The van der Waals surface area contributed by atoms with Crippen molar-refractivity contribution in [3.8, 4) is 5.75 Å². The van der Waals surface area contributed by atoms with E-state index in [-0.39, 0.29) is 23.6 Å². The van der Waals surface area contributed by atoms with E-state index in [1.165, 1.54) is 19.2 Å². The smallest absolute Gasteiger partial charge is 0.337 e. The summed E-state index contributed by atoms with van der Waals surface area (Å²) in [6, 6.07) is 6.47. The minimum absolute atomic E-state index is 0.0200. The molecule has 0 saturated carbocycles. The van der Waals surface area contributed by atoms with Crippen molar-refractivity contribution in [1.82, 2.24) is 5.32 Å². The molecule has 1 aliphatic heterocycles. The van der Waals surface area contributed by atoms with Crippen LogP contribution in [-0.4, -0.2) is 36.0 Å².